The van der Waals surface area contributed by atoms with Gasteiger partial charge in [0.05, 0.1) is 0 Å². The van der Waals surface area contributed by atoms with E-state index in [-0.39, 0.29) is 0 Å². The second kappa shape index (κ2) is 6.36. The lowest BCUT2D eigenvalue weighted by Gasteiger charge is -2.37. The molecule has 0 aliphatic carbocycles. The molecule has 0 bridgehead atoms. The highest BCUT2D eigenvalue weighted by Gasteiger charge is 2.22. The third-order valence-corrected chi connectivity index (χ3v) is 4.00. The number of amides is 1. The first-order chi connectivity index (χ1) is 8.29. The number of rotatable bonds is 3. The number of carbonyl (C=O) groups excluding carboxylic acids is 1. The first-order valence-corrected chi connectivity index (χ1v) is 7.00. The van der Waals surface area contributed by atoms with Crippen molar-refractivity contribution in [1.82, 2.24) is 15.1 Å². The molecule has 0 unspecified atom stereocenters. The van der Waals surface area contributed by atoms with Crippen molar-refractivity contribution in [3.8, 4) is 0 Å². The predicted octanol–water partition coefficient (Wildman–Crippen LogP) is 0.540. The second-order valence-electron chi connectivity index (χ2n) is 5.23. The van der Waals surface area contributed by atoms with Crippen molar-refractivity contribution in [2.45, 2.75) is 26.2 Å². The molecule has 98 valence electrons. The number of piperazine rings is 1. The summed E-state index contributed by atoms with van der Waals surface area (Å²) in [5, 5.41) is 3.41. The Kier molecular flexibility index (Phi) is 4.80. The molecular formula is C13H25N3O. The van der Waals surface area contributed by atoms with Crippen LogP contribution >= 0.6 is 0 Å². The molecule has 0 radical (unpaired) electrons. The van der Waals surface area contributed by atoms with E-state index < -0.39 is 0 Å². The van der Waals surface area contributed by atoms with Crippen molar-refractivity contribution in [3.05, 3.63) is 0 Å². The van der Waals surface area contributed by atoms with Crippen LogP contribution in [0.5, 0.6) is 0 Å². The molecule has 1 N–H and O–H groups in total. The molecule has 17 heavy (non-hydrogen) atoms. The smallest absolute Gasteiger partial charge is 0.222 e. The van der Waals surface area contributed by atoms with Crippen molar-refractivity contribution in [2.24, 2.45) is 5.92 Å². The Balaban J connectivity index is 1.69. The number of nitrogens with zero attached hydrogens (tertiary/aromatic N) is 2. The van der Waals surface area contributed by atoms with Crippen LogP contribution in [0.4, 0.5) is 0 Å². The maximum absolute atomic E-state index is 11.6. The quantitative estimate of drug-likeness (QED) is 0.781. The highest BCUT2D eigenvalue weighted by Crippen LogP contribution is 2.14. The van der Waals surface area contributed by atoms with Gasteiger partial charge in [0, 0.05) is 39.1 Å². The van der Waals surface area contributed by atoms with Gasteiger partial charge in [0.1, 0.15) is 0 Å². The van der Waals surface area contributed by atoms with Gasteiger partial charge in [-0.3, -0.25) is 9.69 Å². The number of piperidine rings is 1. The van der Waals surface area contributed by atoms with Gasteiger partial charge in [0.25, 0.3) is 0 Å². The third-order valence-electron chi connectivity index (χ3n) is 4.00. The zero-order valence-corrected chi connectivity index (χ0v) is 11.0. The van der Waals surface area contributed by atoms with Gasteiger partial charge in [0.15, 0.2) is 0 Å². The van der Waals surface area contributed by atoms with Crippen molar-refractivity contribution in [1.29, 1.82) is 0 Å². The van der Waals surface area contributed by atoms with Gasteiger partial charge < -0.3 is 10.2 Å². The Morgan fingerprint density at radius 1 is 1.18 bits per heavy atom. The molecule has 2 saturated heterocycles. The summed E-state index contributed by atoms with van der Waals surface area (Å²) in [5.74, 6) is 1.18. The van der Waals surface area contributed by atoms with Crippen LogP contribution < -0.4 is 5.32 Å². The Morgan fingerprint density at radius 3 is 2.41 bits per heavy atom. The molecule has 0 aromatic rings. The SMILES string of the molecule is CCC(=O)N1CCN(CC2CCNCC2)CC1. The van der Waals surface area contributed by atoms with Gasteiger partial charge >= 0.3 is 0 Å². The molecule has 1 amide bonds. The van der Waals surface area contributed by atoms with E-state index in [9.17, 15) is 4.79 Å². The first-order valence-electron chi connectivity index (χ1n) is 7.00. The Hall–Kier alpha value is -0.610. The van der Waals surface area contributed by atoms with Gasteiger partial charge in [-0.25, -0.2) is 0 Å². The Morgan fingerprint density at radius 2 is 1.82 bits per heavy atom. The summed E-state index contributed by atoms with van der Waals surface area (Å²) >= 11 is 0. The highest BCUT2D eigenvalue weighted by molar-refractivity contribution is 5.75. The minimum Gasteiger partial charge on any atom is -0.340 e. The van der Waals surface area contributed by atoms with Gasteiger partial charge in [-0.15, -0.1) is 0 Å². The lowest BCUT2D eigenvalue weighted by atomic mass is 9.97. The zero-order valence-electron chi connectivity index (χ0n) is 11.0. The van der Waals surface area contributed by atoms with E-state index in [1.54, 1.807) is 0 Å². The van der Waals surface area contributed by atoms with E-state index in [4.69, 9.17) is 0 Å². The van der Waals surface area contributed by atoms with E-state index >= 15 is 0 Å². The standard InChI is InChI=1S/C13H25N3O/c1-2-13(17)16-9-7-15(8-10-16)11-12-3-5-14-6-4-12/h12,14H,2-11H2,1H3. The van der Waals surface area contributed by atoms with Crippen LogP contribution in [0, 0.1) is 5.92 Å². The largest absolute Gasteiger partial charge is 0.340 e. The highest BCUT2D eigenvalue weighted by atomic mass is 16.2. The molecule has 2 rings (SSSR count). The predicted molar refractivity (Wildman–Crippen MR) is 68.9 cm³/mol. The molecule has 0 atom stereocenters. The maximum atomic E-state index is 11.6. The summed E-state index contributed by atoms with van der Waals surface area (Å²) in [6, 6.07) is 0. The van der Waals surface area contributed by atoms with Crippen molar-refractivity contribution in [3.63, 3.8) is 0 Å². The van der Waals surface area contributed by atoms with E-state index in [0.717, 1.165) is 32.1 Å². The molecule has 0 spiro atoms. The van der Waals surface area contributed by atoms with Gasteiger partial charge in [-0.1, -0.05) is 6.92 Å². The van der Waals surface area contributed by atoms with E-state index in [0.29, 0.717) is 12.3 Å². The summed E-state index contributed by atoms with van der Waals surface area (Å²) in [6.45, 7) is 9.53. The summed E-state index contributed by atoms with van der Waals surface area (Å²) in [6.07, 6.45) is 3.27. The fourth-order valence-corrected chi connectivity index (χ4v) is 2.83. The number of hydrogen-bond acceptors (Lipinski definition) is 3. The summed E-state index contributed by atoms with van der Waals surface area (Å²) in [7, 11) is 0. The summed E-state index contributed by atoms with van der Waals surface area (Å²) in [5.41, 5.74) is 0. The lowest BCUT2D eigenvalue weighted by molar-refractivity contribution is -0.132. The number of nitrogens with one attached hydrogen (secondary N) is 1. The fourth-order valence-electron chi connectivity index (χ4n) is 2.83. The average Bonchev–Trinajstić information content (AvgIpc) is 2.40. The van der Waals surface area contributed by atoms with Crippen LogP contribution in [0.15, 0.2) is 0 Å². The number of hydrogen-bond donors (Lipinski definition) is 1. The summed E-state index contributed by atoms with van der Waals surface area (Å²) in [4.78, 5) is 16.1. The molecule has 4 heteroatoms. The topological polar surface area (TPSA) is 35.6 Å². The van der Waals surface area contributed by atoms with Crippen LogP contribution in [0.2, 0.25) is 0 Å². The summed E-state index contributed by atoms with van der Waals surface area (Å²) < 4.78 is 0. The zero-order chi connectivity index (χ0) is 12.1. The number of carbonyl (C=O) groups is 1. The maximum Gasteiger partial charge on any atom is 0.222 e. The van der Waals surface area contributed by atoms with Gasteiger partial charge in [-0.2, -0.15) is 0 Å². The van der Waals surface area contributed by atoms with Crippen LogP contribution in [0.25, 0.3) is 0 Å². The molecule has 2 heterocycles. The second-order valence-corrected chi connectivity index (χ2v) is 5.23. The molecule has 2 aliphatic heterocycles. The third kappa shape index (κ3) is 3.68. The van der Waals surface area contributed by atoms with Crippen LogP contribution in [0.1, 0.15) is 26.2 Å². The van der Waals surface area contributed by atoms with Crippen molar-refractivity contribution >= 4 is 5.91 Å². The lowest BCUT2D eigenvalue weighted by Crippen LogP contribution is -2.50. The van der Waals surface area contributed by atoms with Crippen LogP contribution in [0.3, 0.4) is 0 Å². The van der Waals surface area contributed by atoms with Crippen LogP contribution in [-0.2, 0) is 4.79 Å². The van der Waals surface area contributed by atoms with Crippen molar-refractivity contribution < 1.29 is 4.79 Å². The average molecular weight is 239 g/mol. The molecule has 2 fully saturated rings. The van der Waals surface area contributed by atoms with Gasteiger partial charge in [0.2, 0.25) is 5.91 Å². The molecular weight excluding hydrogens is 214 g/mol. The fraction of sp³-hybridized carbons (Fsp3) is 0.923. The molecule has 0 aromatic heterocycles. The molecule has 2 aliphatic rings. The monoisotopic (exact) mass is 239 g/mol. The van der Waals surface area contributed by atoms with E-state index in [1.807, 2.05) is 11.8 Å². The van der Waals surface area contributed by atoms with Gasteiger partial charge in [-0.05, 0) is 31.8 Å². The van der Waals surface area contributed by atoms with E-state index in [2.05, 4.69) is 10.2 Å². The Bertz CT molecular complexity index is 243. The van der Waals surface area contributed by atoms with E-state index in [1.165, 1.54) is 32.5 Å². The van der Waals surface area contributed by atoms with Crippen molar-refractivity contribution in [2.75, 3.05) is 45.8 Å². The normalized spacial score (nSPS) is 23.9. The van der Waals surface area contributed by atoms with Crippen LogP contribution in [-0.4, -0.2) is 61.5 Å². The first kappa shape index (κ1) is 12.8. The molecule has 0 saturated carbocycles. The molecule has 4 nitrogen and oxygen atoms in total. The Labute approximate surface area is 104 Å². The minimum absolute atomic E-state index is 0.312. The molecule has 0 aromatic carbocycles. The minimum atomic E-state index is 0.312.